The molecule has 0 saturated heterocycles. The zero-order valence-corrected chi connectivity index (χ0v) is 15.7. The summed E-state index contributed by atoms with van der Waals surface area (Å²) in [4.78, 5) is 12.7. The molecule has 0 unspecified atom stereocenters. The Labute approximate surface area is 162 Å². The number of carbonyl (C=O) groups is 1. The lowest BCUT2D eigenvalue weighted by atomic mass is 9.92. The minimum atomic E-state index is -0.189. The van der Waals surface area contributed by atoms with Crippen molar-refractivity contribution < 1.29 is 14.1 Å². The number of methoxy groups -OCH3 is 1. The van der Waals surface area contributed by atoms with Crippen LogP contribution in [0.4, 0.5) is 0 Å². The molecule has 0 bridgehead atoms. The third kappa shape index (κ3) is 3.06. The van der Waals surface area contributed by atoms with E-state index in [1.165, 1.54) is 0 Å². The first-order valence-electron chi connectivity index (χ1n) is 9.71. The average Bonchev–Trinajstić information content (AvgIpc) is 3.29. The van der Waals surface area contributed by atoms with Gasteiger partial charge in [0.05, 0.1) is 25.0 Å². The Bertz CT molecular complexity index is 1000. The molecule has 7 heteroatoms. The van der Waals surface area contributed by atoms with Crippen LogP contribution in [0.5, 0.6) is 5.75 Å². The van der Waals surface area contributed by atoms with E-state index in [1.807, 2.05) is 35.1 Å². The molecule has 144 valence electrons. The number of nitrogens with one attached hydrogen (secondary N) is 1. The quantitative estimate of drug-likeness (QED) is 0.734. The molecule has 1 fully saturated rings. The van der Waals surface area contributed by atoms with Crippen LogP contribution in [0, 0.1) is 0 Å². The van der Waals surface area contributed by atoms with E-state index >= 15 is 0 Å². The third-order valence-corrected chi connectivity index (χ3v) is 5.55. The van der Waals surface area contributed by atoms with Gasteiger partial charge in [-0.05, 0) is 56.4 Å². The second kappa shape index (κ2) is 6.82. The summed E-state index contributed by atoms with van der Waals surface area (Å²) < 4.78 is 12.5. The minimum absolute atomic E-state index is 0.0654. The monoisotopic (exact) mass is 378 g/mol. The summed E-state index contributed by atoms with van der Waals surface area (Å²) in [5.74, 6) is 1.89. The van der Waals surface area contributed by atoms with Gasteiger partial charge >= 0.3 is 0 Å². The lowest BCUT2D eigenvalue weighted by Gasteiger charge is -2.24. The molecule has 1 atom stereocenters. The third-order valence-electron chi connectivity index (χ3n) is 5.55. The zero-order chi connectivity index (χ0) is 19.1. The van der Waals surface area contributed by atoms with Crippen LogP contribution in [0.25, 0.3) is 5.69 Å². The van der Waals surface area contributed by atoms with E-state index in [2.05, 4.69) is 15.6 Å². The normalized spacial score (nSPS) is 18.5. The summed E-state index contributed by atoms with van der Waals surface area (Å²) >= 11 is 0. The summed E-state index contributed by atoms with van der Waals surface area (Å²) in [5.41, 5.74) is 3.55. The Kier molecular flexibility index (Phi) is 4.15. The van der Waals surface area contributed by atoms with Crippen molar-refractivity contribution in [2.75, 3.05) is 7.11 Å². The Morgan fingerprint density at radius 3 is 2.82 bits per heavy atom. The van der Waals surface area contributed by atoms with E-state index in [0.717, 1.165) is 60.6 Å². The van der Waals surface area contributed by atoms with Crippen LogP contribution >= 0.6 is 0 Å². The molecule has 1 saturated carbocycles. The van der Waals surface area contributed by atoms with Gasteiger partial charge in [-0.25, -0.2) is 4.68 Å². The second-order valence-corrected chi connectivity index (χ2v) is 7.46. The highest BCUT2D eigenvalue weighted by molar-refractivity contribution is 5.92. The van der Waals surface area contributed by atoms with Crippen LogP contribution in [0.3, 0.4) is 0 Å². The molecule has 2 heterocycles. The van der Waals surface area contributed by atoms with Gasteiger partial charge in [0.15, 0.2) is 5.69 Å². The van der Waals surface area contributed by atoms with Crippen LogP contribution in [0.15, 0.2) is 41.1 Å². The maximum Gasteiger partial charge on any atom is 0.273 e. The van der Waals surface area contributed by atoms with Gasteiger partial charge in [-0.3, -0.25) is 4.79 Å². The van der Waals surface area contributed by atoms with Crippen LogP contribution in [-0.4, -0.2) is 28.0 Å². The van der Waals surface area contributed by atoms with Crippen molar-refractivity contribution in [1.29, 1.82) is 0 Å². The minimum Gasteiger partial charge on any atom is -0.497 e. The van der Waals surface area contributed by atoms with Crippen LogP contribution in [0.2, 0.25) is 0 Å². The van der Waals surface area contributed by atoms with Gasteiger partial charge in [0.25, 0.3) is 5.91 Å². The number of nitrogens with zero attached hydrogens (tertiary/aromatic N) is 3. The van der Waals surface area contributed by atoms with E-state index in [9.17, 15) is 4.79 Å². The van der Waals surface area contributed by atoms with Gasteiger partial charge in [0.1, 0.15) is 11.5 Å². The van der Waals surface area contributed by atoms with Gasteiger partial charge in [0.2, 0.25) is 0 Å². The fourth-order valence-corrected chi connectivity index (χ4v) is 3.84. The number of amides is 1. The van der Waals surface area contributed by atoms with Crippen LogP contribution in [0.1, 0.15) is 65.1 Å². The predicted molar refractivity (Wildman–Crippen MR) is 102 cm³/mol. The number of carbonyl (C=O) groups excluding carboxylic acids is 1. The first-order valence-corrected chi connectivity index (χ1v) is 9.71. The largest absolute Gasteiger partial charge is 0.497 e. The molecular formula is C21H22N4O3. The van der Waals surface area contributed by atoms with Crippen LogP contribution in [-0.2, 0) is 6.42 Å². The molecule has 7 nitrogen and oxygen atoms in total. The van der Waals surface area contributed by atoms with Crippen molar-refractivity contribution in [3.63, 3.8) is 0 Å². The van der Waals surface area contributed by atoms with E-state index < -0.39 is 0 Å². The SMILES string of the molecule is COc1ccc(-n2ncc3c2CCC[C@H]3NC(=O)c2cc(C3CC3)on2)cc1. The topological polar surface area (TPSA) is 82.2 Å². The molecule has 1 N–H and O–H groups in total. The standard InChI is InChI=1S/C21H22N4O3/c1-27-15-9-7-14(8-10-15)25-19-4-2-3-17(16(19)12-22-25)23-21(26)18-11-20(28-24-18)13-5-6-13/h7-13,17H,2-6H2,1H3,(H,23,26)/t17-/m1/s1. The lowest BCUT2D eigenvalue weighted by molar-refractivity contribution is 0.0923. The predicted octanol–water partition coefficient (Wildman–Crippen LogP) is 3.55. The van der Waals surface area contributed by atoms with E-state index in [-0.39, 0.29) is 11.9 Å². The Hall–Kier alpha value is -3.09. The number of aromatic nitrogens is 3. The first kappa shape index (κ1) is 17.0. The summed E-state index contributed by atoms with van der Waals surface area (Å²) in [5, 5.41) is 11.6. The number of rotatable bonds is 5. The molecule has 5 rings (SSSR count). The van der Waals surface area contributed by atoms with Crippen LogP contribution < -0.4 is 10.1 Å². The number of hydrogen-bond acceptors (Lipinski definition) is 5. The maximum absolute atomic E-state index is 12.7. The summed E-state index contributed by atoms with van der Waals surface area (Å²) in [6, 6.07) is 9.54. The molecule has 1 aromatic carbocycles. The fourth-order valence-electron chi connectivity index (χ4n) is 3.84. The smallest absolute Gasteiger partial charge is 0.273 e. The second-order valence-electron chi connectivity index (χ2n) is 7.46. The van der Waals surface area contributed by atoms with Crippen molar-refractivity contribution in [1.82, 2.24) is 20.3 Å². The molecule has 28 heavy (non-hydrogen) atoms. The number of benzene rings is 1. The van der Waals surface area contributed by atoms with Gasteiger partial charge in [-0.15, -0.1) is 0 Å². The zero-order valence-electron chi connectivity index (χ0n) is 15.7. The number of hydrogen-bond donors (Lipinski definition) is 1. The van der Waals surface area contributed by atoms with Crippen molar-refractivity contribution in [2.45, 2.75) is 44.1 Å². The molecule has 2 aromatic heterocycles. The van der Waals surface area contributed by atoms with Gasteiger partial charge < -0.3 is 14.6 Å². The Morgan fingerprint density at radius 1 is 1.25 bits per heavy atom. The molecule has 3 aromatic rings. The molecule has 0 spiro atoms. The molecular weight excluding hydrogens is 356 g/mol. The van der Waals surface area contributed by atoms with Crippen molar-refractivity contribution in [3.05, 3.63) is 59.2 Å². The Morgan fingerprint density at radius 2 is 2.07 bits per heavy atom. The van der Waals surface area contributed by atoms with Gasteiger partial charge in [0, 0.05) is 23.2 Å². The fraction of sp³-hybridized carbons (Fsp3) is 0.381. The Balaban J connectivity index is 1.36. The highest BCUT2D eigenvalue weighted by Gasteiger charge is 2.30. The maximum atomic E-state index is 12.7. The van der Waals surface area contributed by atoms with Gasteiger partial charge in [-0.2, -0.15) is 5.10 Å². The average molecular weight is 378 g/mol. The highest BCUT2D eigenvalue weighted by Crippen LogP contribution is 2.40. The number of fused-ring (bicyclic) bond motifs is 1. The summed E-state index contributed by atoms with van der Waals surface area (Å²) in [6.45, 7) is 0. The van der Waals surface area contributed by atoms with Crippen molar-refractivity contribution in [3.8, 4) is 11.4 Å². The van der Waals surface area contributed by atoms with Gasteiger partial charge in [-0.1, -0.05) is 5.16 Å². The lowest BCUT2D eigenvalue weighted by Crippen LogP contribution is -2.31. The molecule has 2 aliphatic carbocycles. The first-order chi connectivity index (χ1) is 13.7. The van der Waals surface area contributed by atoms with Crippen molar-refractivity contribution >= 4 is 5.91 Å². The molecule has 0 aliphatic heterocycles. The van der Waals surface area contributed by atoms with E-state index in [0.29, 0.717) is 11.6 Å². The van der Waals surface area contributed by atoms with E-state index in [4.69, 9.17) is 9.26 Å². The molecule has 1 amide bonds. The highest BCUT2D eigenvalue weighted by atomic mass is 16.5. The summed E-state index contributed by atoms with van der Waals surface area (Å²) in [7, 11) is 1.65. The van der Waals surface area contributed by atoms with E-state index in [1.54, 1.807) is 13.2 Å². The summed E-state index contributed by atoms with van der Waals surface area (Å²) in [6.07, 6.45) is 6.91. The molecule has 0 radical (unpaired) electrons. The molecule has 2 aliphatic rings. The van der Waals surface area contributed by atoms with Crippen molar-refractivity contribution in [2.24, 2.45) is 0 Å². The number of ether oxygens (including phenoxy) is 1.